The van der Waals surface area contributed by atoms with Gasteiger partial charge in [0.1, 0.15) is 5.84 Å². The van der Waals surface area contributed by atoms with Gasteiger partial charge in [-0.1, -0.05) is 19.9 Å². The molecule has 0 saturated heterocycles. The van der Waals surface area contributed by atoms with Crippen molar-refractivity contribution < 1.29 is 4.79 Å². The molecule has 0 aliphatic carbocycles. The Labute approximate surface area is 119 Å². The number of amidine groups is 1. The Bertz CT molecular complexity index is 484. The number of alkyl halides is 1. The van der Waals surface area contributed by atoms with Gasteiger partial charge in [0.05, 0.1) is 11.6 Å². The van der Waals surface area contributed by atoms with E-state index < -0.39 is 0 Å². The number of benzene rings is 1. The average molecular weight is 282 g/mol. The monoisotopic (exact) mass is 281 g/mol. The molecular formula is C14H20ClN3O. The van der Waals surface area contributed by atoms with Gasteiger partial charge in [0.25, 0.3) is 5.91 Å². The number of carbonyl (C=O) groups excluding carboxylic acids is 1. The molecule has 0 aliphatic heterocycles. The van der Waals surface area contributed by atoms with Gasteiger partial charge >= 0.3 is 0 Å². The van der Waals surface area contributed by atoms with Gasteiger partial charge in [-0.15, -0.1) is 11.6 Å². The second kappa shape index (κ2) is 7.14. The molecule has 4 nitrogen and oxygen atoms in total. The van der Waals surface area contributed by atoms with E-state index in [1.165, 1.54) is 0 Å². The molecule has 0 aliphatic rings. The maximum absolute atomic E-state index is 12.0. The fraction of sp³-hybridized carbons (Fsp3) is 0.429. The fourth-order valence-electron chi connectivity index (χ4n) is 1.45. The summed E-state index contributed by atoms with van der Waals surface area (Å²) in [5, 5.41) is 2.87. The molecule has 0 unspecified atom stereocenters. The highest BCUT2D eigenvalue weighted by molar-refractivity contribution is 6.28. The van der Waals surface area contributed by atoms with Crippen LogP contribution in [0.2, 0.25) is 0 Å². The molecule has 1 aromatic rings. The smallest absolute Gasteiger partial charge is 0.251 e. The third-order valence-corrected chi connectivity index (χ3v) is 2.82. The predicted molar refractivity (Wildman–Crippen MR) is 80.4 cm³/mol. The molecule has 0 heterocycles. The van der Waals surface area contributed by atoms with Gasteiger partial charge in [0, 0.05) is 12.1 Å². The highest BCUT2D eigenvalue weighted by atomic mass is 35.5. The largest absolute Gasteiger partial charge is 0.386 e. The van der Waals surface area contributed by atoms with E-state index >= 15 is 0 Å². The van der Waals surface area contributed by atoms with Crippen LogP contribution in [0.4, 0.5) is 5.69 Å². The number of halogens is 1. The van der Waals surface area contributed by atoms with E-state index in [0.29, 0.717) is 29.5 Å². The zero-order chi connectivity index (χ0) is 14.4. The number of carbonyl (C=O) groups is 1. The van der Waals surface area contributed by atoms with Gasteiger partial charge in [-0.3, -0.25) is 4.79 Å². The molecule has 0 saturated carbocycles. The van der Waals surface area contributed by atoms with E-state index in [-0.39, 0.29) is 11.8 Å². The van der Waals surface area contributed by atoms with Crippen molar-refractivity contribution >= 4 is 29.0 Å². The number of nitrogens with two attached hydrogens (primary N) is 1. The minimum atomic E-state index is -0.102. The van der Waals surface area contributed by atoms with Crippen molar-refractivity contribution in [2.24, 2.45) is 16.6 Å². The van der Waals surface area contributed by atoms with E-state index in [1.54, 1.807) is 12.1 Å². The van der Waals surface area contributed by atoms with Crippen LogP contribution >= 0.6 is 11.6 Å². The number of aliphatic imine (C=N–C) groups is 1. The van der Waals surface area contributed by atoms with Crippen LogP contribution in [0.1, 0.15) is 29.8 Å². The Balaban J connectivity index is 2.92. The summed E-state index contributed by atoms with van der Waals surface area (Å²) in [4.78, 5) is 16.1. The van der Waals surface area contributed by atoms with E-state index in [2.05, 4.69) is 10.3 Å². The van der Waals surface area contributed by atoms with Gasteiger partial charge in [0.2, 0.25) is 0 Å². The molecule has 0 fully saturated rings. The molecule has 1 amide bonds. The quantitative estimate of drug-likeness (QED) is 0.495. The Kier molecular flexibility index (Phi) is 5.83. The van der Waals surface area contributed by atoms with E-state index in [4.69, 9.17) is 17.3 Å². The summed E-state index contributed by atoms with van der Waals surface area (Å²) in [5.74, 6) is 0.821. The van der Waals surface area contributed by atoms with Gasteiger partial charge < -0.3 is 11.1 Å². The van der Waals surface area contributed by atoms with Crippen LogP contribution in [-0.4, -0.2) is 24.2 Å². The lowest BCUT2D eigenvalue weighted by atomic mass is 10.1. The van der Waals surface area contributed by atoms with Crippen LogP contribution in [0.3, 0.4) is 0 Å². The first-order chi connectivity index (χ1) is 8.93. The molecule has 19 heavy (non-hydrogen) atoms. The molecule has 1 aromatic carbocycles. The zero-order valence-electron chi connectivity index (χ0n) is 11.5. The highest BCUT2D eigenvalue weighted by Gasteiger charge is 2.08. The van der Waals surface area contributed by atoms with Crippen LogP contribution in [-0.2, 0) is 0 Å². The molecule has 104 valence electrons. The van der Waals surface area contributed by atoms with Crippen molar-refractivity contribution in [3.8, 4) is 0 Å². The normalized spacial score (nSPS) is 11.7. The van der Waals surface area contributed by atoms with Crippen molar-refractivity contribution in [3.05, 3.63) is 29.3 Å². The Hall–Kier alpha value is -1.55. The van der Waals surface area contributed by atoms with E-state index in [9.17, 15) is 4.79 Å². The maximum atomic E-state index is 12.0. The van der Waals surface area contributed by atoms with Crippen molar-refractivity contribution in [1.82, 2.24) is 5.32 Å². The number of aryl methyl sites for hydroxylation is 1. The highest BCUT2D eigenvalue weighted by Crippen LogP contribution is 2.20. The number of amides is 1. The third kappa shape index (κ3) is 4.91. The molecule has 0 atom stereocenters. The SMILES string of the molecule is Cc1ccc(C(=O)NCC(C)C)cc1N=C(N)CCl. The summed E-state index contributed by atoms with van der Waals surface area (Å²) in [6.07, 6.45) is 0. The summed E-state index contributed by atoms with van der Waals surface area (Å²) >= 11 is 5.61. The lowest BCUT2D eigenvalue weighted by Gasteiger charge is -2.09. The number of hydrogen-bond acceptors (Lipinski definition) is 2. The summed E-state index contributed by atoms with van der Waals surface area (Å²) in [6.45, 7) is 6.66. The van der Waals surface area contributed by atoms with Gasteiger partial charge in [-0.25, -0.2) is 4.99 Å². The van der Waals surface area contributed by atoms with Crippen LogP contribution in [0.5, 0.6) is 0 Å². The van der Waals surface area contributed by atoms with E-state index in [0.717, 1.165) is 5.56 Å². The van der Waals surface area contributed by atoms with Gasteiger partial charge in [0.15, 0.2) is 0 Å². The minimum Gasteiger partial charge on any atom is -0.386 e. The maximum Gasteiger partial charge on any atom is 0.251 e. The van der Waals surface area contributed by atoms with Crippen molar-refractivity contribution in [2.75, 3.05) is 12.4 Å². The summed E-state index contributed by atoms with van der Waals surface area (Å²) in [7, 11) is 0. The number of hydrogen-bond donors (Lipinski definition) is 2. The Morgan fingerprint density at radius 1 is 1.47 bits per heavy atom. The first-order valence-electron chi connectivity index (χ1n) is 6.22. The zero-order valence-corrected chi connectivity index (χ0v) is 12.3. The number of nitrogens with one attached hydrogen (secondary N) is 1. The average Bonchev–Trinajstić information content (AvgIpc) is 2.38. The first kappa shape index (κ1) is 15.5. The topological polar surface area (TPSA) is 67.5 Å². The van der Waals surface area contributed by atoms with Crippen LogP contribution < -0.4 is 11.1 Å². The second-order valence-corrected chi connectivity index (χ2v) is 5.11. The van der Waals surface area contributed by atoms with Crippen molar-refractivity contribution in [2.45, 2.75) is 20.8 Å². The van der Waals surface area contributed by atoms with Crippen LogP contribution in [0, 0.1) is 12.8 Å². The van der Waals surface area contributed by atoms with Gasteiger partial charge in [-0.2, -0.15) is 0 Å². The second-order valence-electron chi connectivity index (χ2n) is 4.84. The molecule has 1 rings (SSSR count). The van der Waals surface area contributed by atoms with Crippen LogP contribution in [0.15, 0.2) is 23.2 Å². The molecule has 0 spiro atoms. The van der Waals surface area contributed by atoms with E-state index in [1.807, 2.05) is 26.8 Å². The molecule has 0 bridgehead atoms. The molecule has 0 radical (unpaired) electrons. The lowest BCUT2D eigenvalue weighted by molar-refractivity contribution is 0.0949. The van der Waals surface area contributed by atoms with Crippen molar-refractivity contribution in [3.63, 3.8) is 0 Å². The number of rotatable bonds is 5. The summed E-state index contributed by atoms with van der Waals surface area (Å²) in [5.41, 5.74) is 7.82. The van der Waals surface area contributed by atoms with Crippen LogP contribution in [0.25, 0.3) is 0 Å². The summed E-state index contributed by atoms with van der Waals surface area (Å²) < 4.78 is 0. The number of nitrogens with zero attached hydrogens (tertiary/aromatic N) is 1. The third-order valence-electron chi connectivity index (χ3n) is 2.54. The molecule has 3 N–H and O–H groups in total. The minimum absolute atomic E-state index is 0.102. The first-order valence-corrected chi connectivity index (χ1v) is 6.75. The Morgan fingerprint density at radius 3 is 2.74 bits per heavy atom. The summed E-state index contributed by atoms with van der Waals surface area (Å²) in [6, 6.07) is 5.36. The molecular weight excluding hydrogens is 262 g/mol. The molecule has 5 heteroatoms. The standard InChI is InChI=1S/C14H20ClN3O/c1-9(2)8-17-14(19)11-5-4-10(3)12(6-11)18-13(16)7-15/h4-6,9H,7-8H2,1-3H3,(H2,16,18)(H,17,19). The predicted octanol–water partition coefficient (Wildman–Crippen LogP) is 2.61. The lowest BCUT2D eigenvalue weighted by Crippen LogP contribution is -2.27. The Morgan fingerprint density at radius 2 is 2.16 bits per heavy atom. The van der Waals surface area contributed by atoms with Crippen molar-refractivity contribution in [1.29, 1.82) is 0 Å². The van der Waals surface area contributed by atoms with Gasteiger partial charge in [-0.05, 0) is 30.5 Å². The molecule has 0 aromatic heterocycles. The fourth-order valence-corrected chi connectivity index (χ4v) is 1.51.